The molecule has 0 saturated carbocycles. The number of nitrogen functional groups attached to an aromatic ring is 1. The molecule has 94 valence electrons. The van der Waals surface area contributed by atoms with Gasteiger partial charge in [-0.05, 0) is 24.3 Å². The molecule has 0 aliphatic carbocycles. The lowest BCUT2D eigenvalue weighted by Gasteiger charge is -2.03. The van der Waals surface area contributed by atoms with Gasteiger partial charge in [0.1, 0.15) is 0 Å². The number of hydrogen-bond acceptors (Lipinski definition) is 4. The fourth-order valence-electron chi connectivity index (χ4n) is 1.40. The van der Waals surface area contributed by atoms with Gasteiger partial charge in [0.15, 0.2) is 0 Å². The van der Waals surface area contributed by atoms with E-state index in [1.54, 1.807) is 18.2 Å². The molecule has 0 aliphatic heterocycles. The van der Waals surface area contributed by atoms with Gasteiger partial charge in [0.2, 0.25) is 5.76 Å². The van der Waals surface area contributed by atoms with Crippen LogP contribution >= 0.6 is 23.4 Å². The molecule has 2 rings (SSSR count). The van der Waals surface area contributed by atoms with Gasteiger partial charge in [-0.15, -0.1) is 11.8 Å². The van der Waals surface area contributed by atoms with Crippen LogP contribution in [0.15, 0.2) is 39.8 Å². The highest BCUT2D eigenvalue weighted by molar-refractivity contribution is 7.98. The average Bonchev–Trinajstić information content (AvgIpc) is 2.79. The molecule has 0 radical (unpaired) electrons. The van der Waals surface area contributed by atoms with Crippen LogP contribution in [-0.4, -0.2) is 11.1 Å². The van der Waals surface area contributed by atoms with Crippen molar-refractivity contribution >= 4 is 35.0 Å². The van der Waals surface area contributed by atoms with Crippen LogP contribution in [-0.2, 0) is 5.75 Å². The van der Waals surface area contributed by atoms with Crippen molar-refractivity contribution in [3.8, 4) is 0 Å². The molecule has 6 heteroatoms. The Hall–Kier alpha value is -1.59. The number of carboxylic acids is 1. The van der Waals surface area contributed by atoms with Crippen molar-refractivity contribution in [1.29, 1.82) is 0 Å². The van der Waals surface area contributed by atoms with Crippen molar-refractivity contribution < 1.29 is 14.3 Å². The number of anilines is 1. The maximum atomic E-state index is 10.9. The SMILES string of the molecule is Nc1ccc(SCc2ccoc2C(=O)O)cc1Cl. The predicted molar refractivity (Wildman–Crippen MR) is 71.1 cm³/mol. The smallest absolute Gasteiger partial charge is 0.372 e. The van der Waals surface area contributed by atoms with Gasteiger partial charge >= 0.3 is 5.97 Å². The van der Waals surface area contributed by atoms with Crippen LogP contribution in [0.4, 0.5) is 5.69 Å². The van der Waals surface area contributed by atoms with Gasteiger partial charge in [-0.3, -0.25) is 0 Å². The molecule has 0 aliphatic rings. The number of halogens is 1. The fraction of sp³-hybridized carbons (Fsp3) is 0.0833. The highest BCUT2D eigenvalue weighted by atomic mass is 35.5. The first-order chi connectivity index (χ1) is 8.58. The molecule has 18 heavy (non-hydrogen) atoms. The number of rotatable bonds is 4. The third-order valence-corrected chi connectivity index (χ3v) is 3.68. The van der Waals surface area contributed by atoms with Crippen molar-refractivity contribution in [3.63, 3.8) is 0 Å². The van der Waals surface area contributed by atoms with Crippen molar-refractivity contribution in [2.24, 2.45) is 0 Å². The first kappa shape index (κ1) is 12.9. The number of furan rings is 1. The molecule has 4 nitrogen and oxygen atoms in total. The largest absolute Gasteiger partial charge is 0.475 e. The number of aromatic carboxylic acids is 1. The minimum absolute atomic E-state index is 0.0240. The molecule has 0 bridgehead atoms. The Labute approximate surface area is 113 Å². The quantitative estimate of drug-likeness (QED) is 0.663. The topological polar surface area (TPSA) is 76.5 Å². The van der Waals surface area contributed by atoms with Gasteiger partial charge < -0.3 is 15.3 Å². The van der Waals surface area contributed by atoms with E-state index in [-0.39, 0.29) is 5.76 Å². The monoisotopic (exact) mass is 283 g/mol. The lowest BCUT2D eigenvalue weighted by molar-refractivity contribution is 0.0661. The van der Waals surface area contributed by atoms with E-state index >= 15 is 0 Å². The molecule has 0 atom stereocenters. The van der Waals surface area contributed by atoms with E-state index in [0.717, 1.165) is 4.90 Å². The van der Waals surface area contributed by atoms with E-state index < -0.39 is 5.97 Å². The molecule has 1 aromatic carbocycles. The molecular weight excluding hydrogens is 274 g/mol. The maximum absolute atomic E-state index is 10.9. The van der Waals surface area contributed by atoms with E-state index in [4.69, 9.17) is 26.9 Å². The van der Waals surface area contributed by atoms with E-state index in [0.29, 0.717) is 22.0 Å². The van der Waals surface area contributed by atoms with Gasteiger partial charge in [0.05, 0.1) is 17.0 Å². The summed E-state index contributed by atoms with van der Waals surface area (Å²) in [6.07, 6.45) is 1.37. The number of benzene rings is 1. The van der Waals surface area contributed by atoms with Crippen molar-refractivity contribution in [2.75, 3.05) is 5.73 Å². The minimum Gasteiger partial charge on any atom is -0.475 e. The molecule has 1 aromatic heterocycles. The summed E-state index contributed by atoms with van der Waals surface area (Å²) in [7, 11) is 0. The summed E-state index contributed by atoms with van der Waals surface area (Å²) in [6.45, 7) is 0. The number of carboxylic acid groups (broad SMARTS) is 1. The van der Waals surface area contributed by atoms with Crippen LogP contribution in [0.2, 0.25) is 5.02 Å². The van der Waals surface area contributed by atoms with Crippen molar-refractivity contribution in [3.05, 3.63) is 46.9 Å². The zero-order valence-corrected chi connectivity index (χ0v) is 10.8. The highest BCUT2D eigenvalue weighted by Crippen LogP contribution is 2.29. The molecular formula is C12H10ClNO3S. The van der Waals surface area contributed by atoms with Gasteiger partial charge in [0, 0.05) is 16.2 Å². The second kappa shape index (κ2) is 5.37. The fourth-order valence-corrected chi connectivity index (χ4v) is 2.56. The summed E-state index contributed by atoms with van der Waals surface area (Å²) in [5, 5.41) is 9.38. The second-order valence-electron chi connectivity index (χ2n) is 3.55. The van der Waals surface area contributed by atoms with Crippen LogP contribution in [0.1, 0.15) is 16.1 Å². The lowest BCUT2D eigenvalue weighted by atomic mass is 10.3. The number of nitrogens with two attached hydrogens (primary N) is 1. The first-order valence-electron chi connectivity index (χ1n) is 5.05. The Morgan fingerprint density at radius 3 is 2.89 bits per heavy atom. The lowest BCUT2D eigenvalue weighted by Crippen LogP contribution is -1.97. The highest BCUT2D eigenvalue weighted by Gasteiger charge is 2.13. The van der Waals surface area contributed by atoms with Crippen LogP contribution < -0.4 is 5.73 Å². The molecule has 3 N–H and O–H groups in total. The van der Waals surface area contributed by atoms with E-state index in [1.807, 2.05) is 6.07 Å². The Kier molecular flexibility index (Phi) is 3.84. The second-order valence-corrected chi connectivity index (χ2v) is 5.01. The van der Waals surface area contributed by atoms with Crippen LogP contribution in [0.5, 0.6) is 0 Å². The number of carbonyl (C=O) groups is 1. The Morgan fingerprint density at radius 1 is 1.44 bits per heavy atom. The average molecular weight is 284 g/mol. The molecule has 0 saturated heterocycles. The molecule has 0 spiro atoms. The van der Waals surface area contributed by atoms with Gasteiger partial charge in [-0.1, -0.05) is 11.6 Å². The molecule has 0 amide bonds. The predicted octanol–water partition coefficient (Wildman–Crippen LogP) is 3.51. The molecule has 0 unspecified atom stereocenters. The van der Waals surface area contributed by atoms with Gasteiger partial charge in [-0.25, -0.2) is 4.79 Å². The summed E-state index contributed by atoms with van der Waals surface area (Å²) >= 11 is 7.37. The van der Waals surface area contributed by atoms with Crippen LogP contribution in [0.3, 0.4) is 0 Å². The summed E-state index contributed by atoms with van der Waals surface area (Å²) < 4.78 is 4.90. The minimum atomic E-state index is -1.06. The van der Waals surface area contributed by atoms with Crippen LogP contribution in [0.25, 0.3) is 0 Å². The Bertz CT molecular complexity index is 582. The summed E-state index contributed by atoms with van der Waals surface area (Å²) in [5.74, 6) is -0.590. The zero-order valence-electron chi connectivity index (χ0n) is 9.22. The van der Waals surface area contributed by atoms with E-state index in [2.05, 4.69) is 0 Å². The van der Waals surface area contributed by atoms with Crippen LogP contribution in [0, 0.1) is 0 Å². The summed E-state index contributed by atoms with van der Waals surface area (Å²) in [5.41, 5.74) is 6.77. The maximum Gasteiger partial charge on any atom is 0.372 e. The zero-order chi connectivity index (χ0) is 13.1. The standard InChI is InChI=1S/C12H10ClNO3S/c13-9-5-8(1-2-10(9)14)18-6-7-3-4-17-11(7)12(15)16/h1-5H,6,14H2,(H,15,16). The van der Waals surface area contributed by atoms with E-state index in [9.17, 15) is 4.79 Å². The third kappa shape index (κ3) is 2.80. The number of hydrogen-bond donors (Lipinski definition) is 2. The summed E-state index contributed by atoms with van der Waals surface area (Å²) in [6, 6.07) is 6.96. The number of thioether (sulfide) groups is 1. The Balaban J connectivity index is 2.09. The third-order valence-electron chi connectivity index (χ3n) is 2.31. The molecule has 0 fully saturated rings. The molecule has 1 heterocycles. The molecule has 2 aromatic rings. The summed E-state index contributed by atoms with van der Waals surface area (Å²) in [4.78, 5) is 11.8. The van der Waals surface area contributed by atoms with E-state index in [1.165, 1.54) is 18.0 Å². The van der Waals surface area contributed by atoms with Crippen molar-refractivity contribution in [1.82, 2.24) is 0 Å². The normalized spacial score (nSPS) is 10.5. The first-order valence-corrected chi connectivity index (χ1v) is 6.42. The van der Waals surface area contributed by atoms with Gasteiger partial charge in [0.25, 0.3) is 0 Å². The van der Waals surface area contributed by atoms with Crippen molar-refractivity contribution in [2.45, 2.75) is 10.6 Å². The van der Waals surface area contributed by atoms with Gasteiger partial charge in [-0.2, -0.15) is 0 Å². The Morgan fingerprint density at radius 2 is 2.22 bits per heavy atom.